The van der Waals surface area contributed by atoms with Gasteiger partial charge in [0.15, 0.2) is 5.82 Å². The first-order valence-corrected chi connectivity index (χ1v) is 7.84. The molecule has 0 radical (unpaired) electrons. The van der Waals surface area contributed by atoms with Crippen molar-refractivity contribution in [3.63, 3.8) is 0 Å². The van der Waals surface area contributed by atoms with Crippen molar-refractivity contribution in [3.8, 4) is 5.82 Å². The van der Waals surface area contributed by atoms with E-state index in [0.717, 1.165) is 16.6 Å². The molecule has 4 aromatic rings. The number of benzene rings is 1. The van der Waals surface area contributed by atoms with Gasteiger partial charge in [0.05, 0.1) is 34.9 Å². The molecular formula is C19H15N5O. The number of hydrogen-bond donors (Lipinski definition) is 1. The molecule has 0 spiro atoms. The number of para-hydroxylation sites is 1. The van der Waals surface area contributed by atoms with E-state index in [9.17, 15) is 4.79 Å². The average molecular weight is 329 g/mol. The minimum absolute atomic E-state index is 0.225. The maximum atomic E-state index is 12.5. The lowest BCUT2D eigenvalue weighted by Crippen LogP contribution is -2.13. The van der Waals surface area contributed by atoms with E-state index in [-0.39, 0.29) is 5.91 Å². The second-order valence-electron chi connectivity index (χ2n) is 5.61. The maximum Gasteiger partial charge on any atom is 0.259 e. The Bertz CT molecular complexity index is 1060. The number of fused-ring (bicyclic) bond motifs is 1. The van der Waals surface area contributed by atoms with Crippen LogP contribution < -0.4 is 5.32 Å². The van der Waals surface area contributed by atoms with Gasteiger partial charge in [0.2, 0.25) is 0 Å². The molecule has 3 aromatic heterocycles. The van der Waals surface area contributed by atoms with Crippen LogP contribution in [0.3, 0.4) is 0 Å². The molecule has 0 saturated carbocycles. The molecule has 1 aromatic carbocycles. The highest BCUT2D eigenvalue weighted by Crippen LogP contribution is 2.18. The summed E-state index contributed by atoms with van der Waals surface area (Å²) in [6.45, 7) is 1.85. The third kappa shape index (κ3) is 2.85. The molecule has 0 atom stereocenters. The number of pyridine rings is 2. The summed E-state index contributed by atoms with van der Waals surface area (Å²) < 4.78 is 1.67. The first-order valence-electron chi connectivity index (χ1n) is 7.84. The standard InChI is InChI=1S/C19H15N5O/c1-13-16(19(25)22-15-6-4-10-20-11-15)12-21-24(13)18-9-8-14-5-2-3-7-17(14)23-18/h2-12H,1H3,(H,22,25). The first kappa shape index (κ1) is 15.0. The highest BCUT2D eigenvalue weighted by atomic mass is 16.1. The second kappa shape index (κ2) is 6.16. The molecule has 0 bridgehead atoms. The molecule has 0 saturated heterocycles. The summed E-state index contributed by atoms with van der Waals surface area (Å²) in [5.41, 5.74) is 2.75. The van der Waals surface area contributed by atoms with E-state index in [4.69, 9.17) is 0 Å². The maximum absolute atomic E-state index is 12.5. The normalized spacial score (nSPS) is 10.8. The van der Waals surface area contributed by atoms with Gasteiger partial charge in [-0.3, -0.25) is 9.78 Å². The van der Waals surface area contributed by atoms with Crippen molar-refractivity contribution >= 4 is 22.5 Å². The van der Waals surface area contributed by atoms with Gasteiger partial charge in [-0.25, -0.2) is 9.67 Å². The SMILES string of the molecule is Cc1c(C(=O)Nc2cccnc2)cnn1-c1ccc2ccccc2n1. The minimum Gasteiger partial charge on any atom is -0.320 e. The summed E-state index contributed by atoms with van der Waals surface area (Å²) in [5, 5.41) is 8.21. The number of carbonyl (C=O) groups is 1. The third-order valence-corrected chi connectivity index (χ3v) is 3.97. The van der Waals surface area contributed by atoms with Crippen molar-refractivity contribution < 1.29 is 4.79 Å². The Morgan fingerprint density at radius 3 is 2.76 bits per heavy atom. The lowest BCUT2D eigenvalue weighted by molar-refractivity contribution is 0.102. The molecular weight excluding hydrogens is 314 g/mol. The molecule has 1 amide bonds. The molecule has 4 rings (SSSR count). The van der Waals surface area contributed by atoms with E-state index in [2.05, 4.69) is 20.4 Å². The molecule has 3 heterocycles. The first-order chi connectivity index (χ1) is 12.2. The topological polar surface area (TPSA) is 72.7 Å². The number of aromatic nitrogens is 4. The predicted octanol–water partition coefficient (Wildman–Crippen LogP) is 3.38. The summed E-state index contributed by atoms with van der Waals surface area (Å²) in [6, 6.07) is 15.3. The van der Waals surface area contributed by atoms with Crippen LogP contribution in [0.5, 0.6) is 0 Å². The molecule has 0 aliphatic carbocycles. The van der Waals surface area contributed by atoms with E-state index < -0.39 is 0 Å². The Labute approximate surface area is 144 Å². The molecule has 0 fully saturated rings. The number of nitrogens with one attached hydrogen (secondary N) is 1. The van der Waals surface area contributed by atoms with E-state index in [1.807, 2.05) is 43.3 Å². The van der Waals surface area contributed by atoms with Crippen LogP contribution in [0.15, 0.2) is 67.1 Å². The van der Waals surface area contributed by atoms with E-state index >= 15 is 0 Å². The average Bonchev–Trinajstić information content (AvgIpc) is 3.04. The fourth-order valence-electron chi connectivity index (χ4n) is 2.67. The van der Waals surface area contributed by atoms with Gasteiger partial charge in [0.25, 0.3) is 5.91 Å². The highest BCUT2D eigenvalue weighted by Gasteiger charge is 2.16. The zero-order chi connectivity index (χ0) is 17.2. The van der Waals surface area contributed by atoms with Crippen LogP contribution in [0.4, 0.5) is 5.69 Å². The molecule has 6 nitrogen and oxygen atoms in total. The van der Waals surface area contributed by atoms with Crippen molar-refractivity contribution in [3.05, 3.63) is 78.4 Å². The third-order valence-electron chi connectivity index (χ3n) is 3.97. The Morgan fingerprint density at radius 1 is 1.04 bits per heavy atom. The quantitative estimate of drug-likeness (QED) is 0.625. The van der Waals surface area contributed by atoms with Crippen LogP contribution in [0.1, 0.15) is 16.1 Å². The Balaban J connectivity index is 1.67. The zero-order valence-electron chi connectivity index (χ0n) is 13.5. The summed E-state index contributed by atoms with van der Waals surface area (Å²) in [6.07, 6.45) is 4.81. The van der Waals surface area contributed by atoms with Crippen molar-refractivity contribution in [2.24, 2.45) is 0 Å². The van der Waals surface area contributed by atoms with Gasteiger partial charge in [-0.1, -0.05) is 18.2 Å². The summed E-state index contributed by atoms with van der Waals surface area (Å²) in [4.78, 5) is 21.1. The molecule has 0 unspecified atom stereocenters. The lowest BCUT2D eigenvalue weighted by atomic mass is 10.2. The van der Waals surface area contributed by atoms with E-state index in [1.54, 1.807) is 35.4 Å². The van der Waals surface area contributed by atoms with Crippen molar-refractivity contribution in [2.75, 3.05) is 5.32 Å². The fraction of sp³-hybridized carbons (Fsp3) is 0.0526. The lowest BCUT2D eigenvalue weighted by Gasteiger charge is -2.07. The predicted molar refractivity (Wildman–Crippen MR) is 95.8 cm³/mol. The van der Waals surface area contributed by atoms with Crippen molar-refractivity contribution in [1.29, 1.82) is 0 Å². The molecule has 0 aliphatic rings. The highest BCUT2D eigenvalue weighted by molar-refractivity contribution is 6.04. The smallest absolute Gasteiger partial charge is 0.259 e. The van der Waals surface area contributed by atoms with Gasteiger partial charge in [-0.15, -0.1) is 0 Å². The van der Waals surface area contributed by atoms with E-state index in [1.165, 1.54) is 0 Å². The van der Waals surface area contributed by atoms with Crippen LogP contribution in [0.25, 0.3) is 16.7 Å². The Morgan fingerprint density at radius 2 is 1.92 bits per heavy atom. The van der Waals surface area contributed by atoms with Crippen LogP contribution >= 0.6 is 0 Å². The van der Waals surface area contributed by atoms with Gasteiger partial charge >= 0.3 is 0 Å². The number of nitrogens with zero attached hydrogens (tertiary/aromatic N) is 4. The molecule has 0 aliphatic heterocycles. The second-order valence-corrected chi connectivity index (χ2v) is 5.61. The summed E-state index contributed by atoms with van der Waals surface area (Å²) in [5.74, 6) is 0.453. The molecule has 6 heteroatoms. The largest absolute Gasteiger partial charge is 0.320 e. The monoisotopic (exact) mass is 329 g/mol. The van der Waals surface area contributed by atoms with Crippen LogP contribution in [0, 0.1) is 6.92 Å². The van der Waals surface area contributed by atoms with Gasteiger partial charge in [0.1, 0.15) is 0 Å². The number of anilines is 1. The Kier molecular flexibility index (Phi) is 3.70. The van der Waals surface area contributed by atoms with Crippen LogP contribution in [-0.4, -0.2) is 25.7 Å². The zero-order valence-corrected chi connectivity index (χ0v) is 13.5. The fourth-order valence-corrected chi connectivity index (χ4v) is 2.67. The number of carbonyl (C=O) groups excluding carboxylic acids is 1. The van der Waals surface area contributed by atoms with Crippen molar-refractivity contribution in [1.82, 2.24) is 19.7 Å². The molecule has 122 valence electrons. The number of hydrogen-bond acceptors (Lipinski definition) is 4. The number of amides is 1. The van der Waals surface area contributed by atoms with Gasteiger partial charge in [-0.2, -0.15) is 5.10 Å². The summed E-state index contributed by atoms with van der Waals surface area (Å²) >= 11 is 0. The summed E-state index contributed by atoms with van der Waals surface area (Å²) in [7, 11) is 0. The molecule has 25 heavy (non-hydrogen) atoms. The molecule has 1 N–H and O–H groups in total. The minimum atomic E-state index is -0.225. The van der Waals surface area contributed by atoms with Gasteiger partial charge in [0, 0.05) is 11.6 Å². The Hall–Kier alpha value is -3.54. The van der Waals surface area contributed by atoms with Crippen LogP contribution in [-0.2, 0) is 0 Å². The van der Waals surface area contributed by atoms with Gasteiger partial charge in [-0.05, 0) is 37.3 Å². The van der Waals surface area contributed by atoms with Crippen LogP contribution in [0.2, 0.25) is 0 Å². The number of rotatable bonds is 3. The van der Waals surface area contributed by atoms with Crippen molar-refractivity contribution in [2.45, 2.75) is 6.92 Å². The van der Waals surface area contributed by atoms with E-state index in [0.29, 0.717) is 17.1 Å². The van der Waals surface area contributed by atoms with Gasteiger partial charge < -0.3 is 5.32 Å².